The minimum Gasteiger partial charge on any atom is -0.394 e. The molecule has 0 bridgehead atoms. The van der Waals surface area contributed by atoms with Crippen LogP contribution in [0.3, 0.4) is 0 Å². The van der Waals surface area contributed by atoms with Gasteiger partial charge in [0.1, 0.15) is 73.2 Å². The van der Waals surface area contributed by atoms with Gasteiger partial charge in [-0.05, 0) is 38.5 Å². The largest absolute Gasteiger partial charge is 0.394 e. The summed E-state index contributed by atoms with van der Waals surface area (Å²) in [5, 5.41) is 121. The summed E-state index contributed by atoms with van der Waals surface area (Å²) >= 11 is 0. The SMILES string of the molecule is CCCCCCCCCC/C=C\CCCCCCCCCCCCCCCCCCCCCCCCCC(=O)NC(COC1OC(CO)C(OC2OC(CO)C(OC3OC(CO)C(O)C(O)C3O)C(O)C2O)C(O)C1O)C(O)CCCCCCCCCCCCCCCCCCCCCCCCCCCCC. The smallest absolute Gasteiger partial charge is 0.220 e. The first-order valence-electron chi connectivity index (χ1n) is 45.4. The fourth-order valence-electron chi connectivity index (χ4n) is 15.8. The molecule has 17 unspecified atom stereocenters. The van der Waals surface area contributed by atoms with E-state index in [9.17, 15) is 61.0 Å². The van der Waals surface area contributed by atoms with Crippen molar-refractivity contribution in [2.45, 2.75) is 516 Å². The van der Waals surface area contributed by atoms with E-state index in [1.165, 1.54) is 334 Å². The standard InChI is InChI=1S/C88H169NO18/c1-3-5-7-9-11-13-15-17-19-21-23-25-27-29-31-32-33-34-35-36-37-38-40-42-44-46-48-50-52-54-56-58-60-62-64-66-76(94)89-71(72(93)65-63-61-59-57-55-53-51-49-47-45-43-41-39-30-28-26-24-22-20-18-16-14-12-10-8-6-4-2)70-102-86-82(100)79(97)84(74(68-91)104-86)107-88-83(101)80(98)85(75(69-92)105-88)106-87-81(99)78(96)77(95)73(67-90)103-87/h21,23,71-75,77-88,90-93,95-101H,3-20,22,24-70H2,1-2H3,(H,89,94)/b23-21-. The second-order valence-electron chi connectivity index (χ2n) is 32.8. The lowest BCUT2D eigenvalue weighted by Crippen LogP contribution is -2.66. The number of rotatable bonds is 75. The zero-order valence-electron chi connectivity index (χ0n) is 68.4. The number of carbonyl (C=O) groups excluding carboxylic acids is 1. The molecule has 0 aromatic heterocycles. The fourth-order valence-corrected chi connectivity index (χ4v) is 15.8. The Morgan fingerprint density at radius 2 is 0.589 bits per heavy atom. The average molecular weight is 1530 g/mol. The molecule has 1 amide bonds. The molecule has 0 radical (unpaired) electrons. The van der Waals surface area contributed by atoms with Gasteiger partial charge in [0.15, 0.2) is 18.9 Å². The number of carbonyl (C=O) groups is 1. The lowest BCUT2D eigenvalue weighted by Gasteiger charge is -2.48. The van der Waals surface area contributed by atoms with Crippen molar-refractivity contribution in [1.82, 2.24) is 5.32 Å². The number of allylic oxidation sites excluding steroid dienone is 2. The maximum Gasteiger partial charge on any atom is 0.220 e. The van der Waals surface area contributed by atoms with Gasteiger partial charge in [-0.25, -0.2) is 0 Å². The van der Waals surface area contributed by atoms with Crippen LogP contribution in [0.5, 0.6) is 0 Å². The van der Waals surface area contributed by atoms with Crippen LogP contribution < -0.4 is 5.32 Å². The first-order valence-corrected chi connectivity index (χ1v) is 45.4. The summed E-state index contributed by atoms with van der Waals surface area (Å²) in [5.74, 6) is -0.232. The second kappa shape index (κ2) is 68.9. The Hall–Kier alpha value is -1.47. The maximum atomic E-state index is 13.5. The van der Waals surface area contributed by atoms with E-state index in [4.69, 9.17) is 28.4 Å². The van der Waals surface area contributed by atoms with Gasteiger partial charge < -0.3 is 89.9 Å². The van der Waals surface area contributed by atoms with Crippen molar-refractivity contribution < 1.29 is 89.4 Å². The molecule has 12 N–H and O–H groups in total. The van der Waals surface area contributed by atoms with Crippen LogP contribution in [0.2, 0.25) is 0 Å². The number of hydrogen-bond donors (Lipinski definition) is 12. The summed E-state index contributed by atoms with van der Waals surface area (Å²) in [6.45, 7) is 1.88. The number of unbranched alkanes of at least 4 members (excludes halogenated alkanes) is 57. The Morgan fingerprint density at radius 3 is 0.907 bits per heavy atom. The van der Waals surface area contributed by atoms with Crippen LogP contribution in [0.1, 0.15) is 412 Å². The Labute approximate surface area is 652 Å². The third-order valence-corrected chi connectivity index (χ3v) is 23.1. The molecule has 0 aliphatic carbocycles. The number of aliphatic hydroxyl groups is 11. The van der Waals surface area contributed by atoms with E-state index < -0.39 is 124 Å². The quantitative estimate of drug-likeness (QED) is 0.0199. The molecule has 3 aliphatic heterocycles. The topological polar surface area (TPSA) is 307 Å². The minimum absolute atomic E-state index is 0.232. The number of ether oxygens (including phenoxy) is 6. The number of hydrogen-bond acceptors (Lipinski definition) is 18. The van der Waals surface area contributed by atoms with Crippen molar-refractivity contribution in [3.8, 4) is 0 Å². The molecular formula is C88H169NO18. The summed E-state index contributed by atoms with van der Waals surface area (Å²) in [6.07, 6.45) is 57.6. The predicted molar refractivity (Wildman–Crippen MR) is 430 cm³/mol. The Balaban J connectivity index is 1.31. The van der Waals surface area contributed by atoms with Crippen molar-refractivity contribution in [3.63, 3.8) is 0 Å². The molecule has 634 valence electrons. The molecular weight excluding hydrogens is 1360 g/mol. The van der Waals surface area contributed by atoms with E-state index >= 15 is 0 Å². The molecule has 3 saturated heterocycles. The zero-order chi connectivity index (χ0) is 77.4. The monoisotopic (exact) mass is 1530 g/mol. The highest BCUT2D eigenvalue weighted by molar-refractivity contribution is 5.76. The van der Waals surface area contributed by atoms with Crippen molar-refractivity contribution in [2.24, 2.45) is 0 Å². The minimum atomic E-state index is -1.97. The molecule has 17 atom stereocenters. The van der Waals surface area contributed by atoms with Crippen molar-refractivity contribution in [1.29, 1.82) is 0 Å². The molecule has 3 rings (SSSR count). The Kier molecular flexibility index (Phi) is 64.2. The van der Waals surface area contributed by atoms with Gasteiger partial charge in [0.25, 0.3) is 0 Å². The van der Waals surface area contributed by atoms with E-state index in [-0.39, 0.29) is 18.9 Å². The summed E-state index contributed by atoms with van der Waals surface area (Å²) in [7, 11) is 0. The summed E-state index contributed by atoms with van der Waals surface area (Å²) in [4.78, 5) is 13.5. The highest BCUT2D eigenvalue weighted by Crippen LogP contribution is 2.34. The fraction of sp³-hybridized carbons (Fsp3) is 0.966. The van der Waals surface area contributed by atoms with Gasteiger partial charge in [0, 0.05) is 6.42 Å². The van der Waals surface area contributed by atoms with Gasteiger partial charge >= 0.3 is 0 Å². The third kappa shape index (κ3) is 47.9. The Morgan fingerprint density at radius 1 is 0.327 bits per heavy atom. The molecule has 19 nitrogen and oxygen atoms in total. The first-order chi connectivity index (χ1) is 52.3. The number of aliphatic hydroxyl groups excluding tert-OH is 11. The van der Waals surface area contributed by atoms with Gasteiger partial charge in [-0.15, -0.1) is 0 Å². The summed E-state index contributed by atoms with van der Waals surface area (Å²) < 4.78 is 34.6. The normalized spacial score (nSPS) is 25.5. The molecule has 107 heavy (non-hydrogen) atoms. The lowest BCUT2D eigenvalue weighted by molar-refractivity contribution is -0.379. The van der Waals surface area contributed by atoms with Crippen LogP contribution in [-0.2, 0) is 33.2 Å². The predicted octanol–water partition coefficient (Wildman–Crippen LogP) is 17.1. The summed E-state index contributed by atoms with van der Waals surface area (Å²) in [6, 6.07) is -0.885. The van der Waals surface area contributed by atoms with Gasteiger partial charge in [-0.3, -0.25) is 4.79 Å². The lowest BCUT2D eigenvalue weighted by atomic mass is 9.96. The van der Waals surface area contributed by atoms with Crippen molar-refractivity contribution >= 4 is 5.91 Å². The van der Waals surface area contributed by atoms with Crippen LogP contribution in [0, 0.1) is 0 Å². The van der Waals surface area contributed by atoms with Gasteiger partial charge in [-0.2, -0.15) is 0 Å². The molecule has 0 aromatic carbocycles. The molecule has 3 fully saturated rings. The first kappa shape index (κ1) is 99.7. The second-order valence-corrected chi connectivity index (χ2v) is 32.8. The van der Waals surface area contributed by atoms with Crippen molar-refractivity contribution in [3.05, 3.63) is 12.2 Å². The van der Waals surface area contributed by atoms with Gasteiger partial charge in [-0.1, -0.05) is 379 Å². The third-order valence-electron chi connectivity index (χ3n) is 23.1. The van der Waals surface area contributed by atoms with Crippen molar-refractivity contribution in [2.75, 3.05) is 26.4 Å². The van der Waals surface area contributed by atoms with E-state index in [2.05, 4.69) is 31.3 Å². The van der Waals surface area contributed by atoms with E-state index in [0.717, 1.165) is 44.9 Å². The maximum absolute atomic E-state index is 13.5. The molecule has 0 spiro atoms. The molecule has 0 saturated carbocycles. The average Bonchev–Trinajstić information content (AvgIpc) is 0.781. The van der Waals surface area contributed by atoms with Crippen LogP contribution in [0.4, 0.5) is 0 Å². The zero-order valence-corrected chi connectivity index (χ0v) is 68.4. The van der Waals surface area contributed by atoms with E-state index in [0.29, 0.717) is 12.8 Å². The Bertz CT molecular complexity index is 1970. The van der Waals surface area contributed by atoms with Crippen LogP contribution in [-0.4, -0.2) is 193 Å². The highest BCUT2D eigenvalue weighted by atomic mass is 16.8. The van der Waals surface area contributed by atoms with Gasteiger partial charge in [0.2, 0.25) is 5.91 Å². The number of amides is 1. The van der Waals surface area contributed by atoms with E-state index in [1.807, 2.05) is 0 Å². The number of nitrogens with one attached hydrogen (secondary N) is 1. The van der Waals surface area contributed by atoms with Gasteiger partial charge in [0.05, 0.1) is 38.6 Å². The molecule has 0 aromatic rings. The van der Waals surface area contributed by atoms with Crippen LogP contribution in [0.25, 0.3) is 0 Å². The molecule has 3 heterocycles. The van der Waals surface area contributed by atoms with Crippen LogP contribution >= 0.6 is 0 Å². The van der Waals surface area contributed by atoms with E-state index in [1.54, 1.807) is 0 Å². The summed E-state index contributed by atoms with van der Waals surface area (Å²) in [5.41, 5.74) is 0. The molecule has 19 heteroatoms. The molecule has 3 aliphatic rings. The highest BCUT2D eigenvalue weighted by Gasteiger charge is 2.54. The van der Waals surface area contributed by atoms with Crippen LogP contribution in [0.15, 0.2) is 12.2 Å².